The monoisotopic (exact) mass is 333 g/mol. The number of thioether (sulfide) groups is 2. The van der Waals surface area contributed by atoms with E-state index in [1.807, 2.05) is 23.2 Å². The number of hydrogen-bond acceptors (Lipinski definition) is 6. The first-order valence-electron chi connectivity index (χ1n) is 6.55. The first kappa shape index (κ1) is 14.7. The highest BCUT2D eigenvalue weighted by Gasteiger charge is 2.06. The van der Waals surface area contributed by atoms with Crippen molar-refractivity contribution in [3.63, 3.8) is 0 Å². The highest BCUT2D eigenvalue weighted by atomic mass is 32.2. The quantitative estimate of drug-likeness (QED) is 0.424. The lowest BCUT2D eigenvalue weighted by molar-refractivity contribution is 1.02. The molecule has 0 spiro atoms. The average Bonchev–Trinajstić information content (AvgIpc) is 2.94. The van der Waals surface area contributed by atoms with Gasteiger partial charge in [0.05, 0.1) is 5.39 Å². The third kappa shape index (κ3) is 3.70. The molecule has 0 unspecified atom stereocenters. The van der Waals surface area contributed by atoms with Gasteiger partial charge in [0.1, 0.15) is 10.6 Å². The summed E-state index contributed by atoms with van der Waals surface area (Å²) < 4.78 is 0. The van der Waals surface area contributed by atoms with Crippen LogP contribution >= 0.6 is 34.9 Å². The van der Waals surface area contributed by atoms with Gasteiger partial charge in [-0.25, -0.2) is 9.97 Å². The van der Waals surface area contributed by atoms with Crippen molar-refractivity contribution in [3.8, 4) is 0 Å². The van der Waals surface area contributed by atoms with Crippen molar-refractivity contribution in [1.82, 2.24) is 9.97 Å². The van der Waals surface area contributed by atoms with Crippen molar-refractivity contribution in [2.24, 2.45) is 0 Å². The maximum absolute atomic E-state index is 5.95. The normalized spacial score (nSPS) is 11.1. The Morgan fingerprint density at radius 1 is 1.05 bits per heavy atom. The molecule has 6 heteroatoms. The maximum atomic E-state index is 5.95. The van der Waals surface area contributed by atoms with Gasteiger partial charge in [-0.1, -0.05) is 29.5 Å². The van der Waals surface area contributed by atoms with Gasteiger partial charge in [0, 0.05) is 16.4 Å². The van der Waals surface area contributed by atoms with Gasteiger partial charge >= 0.3 is 0 Å². The minimum absolute atomic E-state index is 0.579. The summed E-state index contributed by atoms with van der Waals surface area (Å²) in [6.07, 6.45) is 0. The summed E-state index contributed by atoms with van der Waals surface area (Å²) in [6, 6.07) is 10.6. The van der Waals surface area contributed by atoms with E-state index >= 15 is 0 Å². The molecule has 0 radical (unpaired) electrons. The summed E-state index contributed by atoms with van der Waals surface area (Å²) in [5.74, 6) is 2.57. The maximum Gasteiger partial charge on any atom is 0.190 e. The highest BCUT2D eigenvalue weighted by molar-refractivity contribution is 8.02. The lowest BCUT2D eigenvalue weighted by Gasteiger charge is -2.03. The smallest absolute Gasteiger partial charge is 0.190 e. The zero-order chi connectivity index (χ0) is 14.7. The van der Waals surface area contributed by atoms with Crippen LogP contribution < -0.4 is 5.73 Å². The number of nitrogens with two attached hydrogens (primary N) is 1. The van der Waals surface area contributed by atoms with Crippen molar-refractivity contribution in [1.29, 1.82) is 0 Å². The van der Waals surface area contributed by atoms with E-state index in [1.54, 1.807) is 23.1 Å². The third-order valence-electron chi connectivity index (χ3n) is 2.94. The molecule has 0 atom stereocenters. The van der Waals surface area contributed by atoms with Crippen LogP contribution in [-0.4, -0.2) is 21.5 Å². The van der Waals surface area contributed by atoms with Gasteiger partial charge in [0.15, 0.2) is 5.16 Å². The number of nitrogens with zero attached hydrogens (tertiary/aromatic N) is 2. The first-order valence-corrected chi connectivity index (χ1v) is 9.40. The van der Waals surface area contributed by atoms with Crippen LogP contribution in [0, 0.1) is 6.92 Å². The summed E-state index contributed by atoms with van der Waals surface area (Å²) in [5.41, 5.74) is 7.24. The molecule has 0 saturated heterocycles. The van der Waals surface area contributed by atoms with Crippen LogP contribution in [0.2, 0.25) is 0 Å². The molecule has 3 aromatic rings. The van der Waals surface area contributed by atoms with E-state index < -0.39 is 0 Å². The Labute approximate surface area is 136 Å². The van der Waals surface area contributed by atoms with E-state index in [0.717, 1.165) is 26.9 Å². The van der Waals surface area contributed by atoms with Gasteiger partial charge in [0.25, 0.3) is 0 Å². The van der Waals surface area contributed by atoms with Crippen LogP contribution in [0.3, 0.4) is 0 Å². The second-order valence-electron chi connectivity index (χ2n) is 4.54. The predicted octanol–water partition coefficient (Wildman–Crippen LogP) is 4.47. The molecule has 3 nitrogen and oxygen atoms in total. The Balaban J connectivity index is 1.55. The summed E-state index contributed by atoms with van der Waals surface area (Å²) >= 11 is 5.12. The molecule has 0 fully saturated rings. The molecule has 0 amide bonds. The van der Waals surface area contributed by atoms with Gasteiger partial charge < -0.3 is 5.73 Å². The number of nitrogen functional groups attached to an aromatic ring is 1. The molecule has 21 heavy (non-hydrogen) atoms. The fraction of sp³-hybridized carbons (Fsp3) is 0.200. The molecule has 0 aliphatic rings. The van der Waals surface area contributed by atoms with Crippen LogP contribution in [0.1, 0.15) is 5.56 Å². The summed E-state index contributed by atoms with van der Waals surface area (Å²) in [5, 5.41) is 3.72. The van der Waals surface area contributed by atoms with E-state index in [0.29, 0.717) is 5.82 Å². The minimum atomic E-state index is 0.579. The van der Waals surface area contributed by atoms with Crippen molar-refractivity contribution < 1.29 is 0 Å². The van der Waals surface area contributed by atoms with E-state index in [2.05, 4.69) is 41.2 Å². The molecule has 0 saturated carbocycles. The Morgan fingerprint density at radius 2 is 1.81 bits per heavy atom. The molecule has 1 aromatic carbocycles. The van der Waals surface area contributed by atoms with Crippen molar-refractivity contribution in [2.75, 3.05) is 17.2 Å². The number of rotatable bonds is 5. The number of hydrogen-bond donors (Lipinski definition) is 1. The molecule has 0 aliphatic carbocycles. The fourth-order valence-corrected chi connectivity index (χ4v) is 4.41. The van der Waals surface area contributed by atoms with Gasteiger partial charge in [-0.05, 0) is 30.5 Å². The van der Waals surface area contributed by atoms with Crippen molar-refractivity contribution >= 4 is 50.9 Å². The molecule has 2 heterocycles. The highest BCUT2D eigenvalue weighted by Crippen LogP contribution is 2.27. The van der Waals surface area contributed by atoms with Crippen molar-refractivity contribution in [3.05, 3.63) is 41.3 Å². The van der Waals surface area contributed by atoms with Crippen LogP contribution in [0.25, 0.3) is 10.2 Å². The van der Waals surface area contributed by atoms with Crippen molar-refractivity contribution in [2.45, 2.75) is 17.0 Å². The van der Waals surface area contributed by atoms with E-state index in [4.69, 9.17) is 5.73 Å². The predicted molar refractivity (Wildman–Crippen MR) is 94.5 cm³/mol. The van der Waals surface area contributed by atoms with Gasteiger partial charge in [-0.3, -0.25) is 0 Å². The molecule has 2 aromatic heterocycles. The number of aromatic nitrogens is 2. The Morgan fingerprint density at radius 3 is 2.62 bits per heavy atom. The lowest BCUT2D eigenvalue weighted by atomic mass is 10.2. The number of aryl methyl sites for hydroxylation is 1. The molecule has 2 N–H and O–H groups in total. The standard InChI is InChI=1S/C15H15N3S3/c1-10-2-4-11(5-3-10)19-8-9-21-15-17-13(16)12-6-7-20-14(12)18-15/h2-7H,8-9H2,1H3,(H2,16,17,18). The molecular weight excluding hydrogens is 318 g/mol. The van der Waals surface area contributed by atoms with Gasteiger partial charge in [-0.2, -0.15) is 0 Å². The summed E-state index contributed by atoms with van der Waals surface area (Å²) in [6.45, 7) is 2.10. The average molecular weight is 334 g/mol. The molecule has 0 bridgehead atoms. The summed E-state index contributed by atoms with van der Waals surface area (Å²) in [7, 11) is 0. The van der Waals surface area contributed by atoms with Gasteiger partial charge in [-0.15, -0.1) is 23.1 Å². The zero-order valence-electron chi connectivity index (χ0n) is 11.6. The third-order valence-corrected chi connectivity index (χ3v) is 5.87. The van der Waals surface area contributed by atoms with Crippen LogP contribution in [0.4, 0.5) is 5.82 Å². The van der Waals surface area contributed by atoms with E-state index in [1.165, 1.54) is 10.5 Å². The Kier molecular flexibility index (Phi) is 4.67. The van der Waals surface area contributed by atoms with Crippen LogP contribution in [0.5, 0.6) is 0 Å². The second-order valence-corrected chi connectivity index (χ2v) is 7.67. The topological polar surface area (TPSA) is 51.8 Å². The lowest BCUT2D eigenvalue weighted by Crippen LogP contribution is -1.96. The fourth-order valence-electron chi connectivity index (χ4n) is 1.85. The van der Waals surface area contributed by atoms with Gasteiger partial charge in [0.2, 0.25) is 0 Å². The minimum Gasteiger partial charge on any atom is -0.383 e. The molecule has 3 rings (SSSR count). The van der Waals surface area contributed by atoms with Crippen LogP contribution in [0.15, 0.2) is 45.8 Å². The number of fused-ring (bicyclic) bond motifs is 1. The zero-order valence-corrected chi connectivity index (χ0v) is 14.0. The van der Waals surface area contributed by atoms with E-state index in [-0.39, 0.29) is 0 Å². The Hall–Kier alpha value is -1.24. The number of benzene rings is 1. The number of thiophene rings is 1. The molecular formula is C15H15N3S3. The summed E-state index contributed by atoms with van der Waals surface area (Å²) in [4.78, 5) is 11.2. The second kappa shape index (κ2) is 6.68. The van der Waals surface area contributed by atoms with E-state index in [9.17, 15) is 0 Å². The largest absolute Gasteiger partial charge is 0.383 e. The number of anilines is 1. The van der Waals surface area contributed by atoms with Crippen LogP contribution in [-0.2, 0) is 0 Å². The Bertz CT molecular complexity index is 738. The molecule has 0 aliphatic heterocycles. The first-order chi connectivity index (χ1) is 10.2. The SMILES string of the molecule is Cc1ccc(SCCSc2nc(N)c3ccsc3n2)cc1. The molecule has 108 valence electrons.